The number of fused-ring (bicyclic) bond motifs is 3. The lowest BCUT2D eigenvalue weighted by molar-refractivity contribution is 0.479. The van der Waals surface area contributed by atoms with E-state index in [0.717, 1.165) is 46.1 Å². The maximum Gasteiger partial charge on any atom is 0.137 e. The average Bonchev–Trinajstić information content (AvgIpc) is 3.78. The quantitative estimate of drug-likeness (QED) is 0.165. The Labute approximate surface area is 320 Å². The van der Waals surface area contributed by atoms with E-state index < -0.39 is 0 Å². The fourth-order valence-corrected chi connectivity index (χ4v) is 7.50. The Morgan fingerprint density at radius 3 is 1.89 bits per heavy atom. The van der Waals surface area contributed by atoms with Gasteiger partial charge in [0, 0.05) is 58.3 Å². The summed E-state index contributed by atoms with van der Waals surface area (Å²) in [7, 11) is 0. The molecule has 8 rings (SSSR count). The highest BCUT2D eigenvalue weighted by atomic mass is 16.5. The Morgan fingerprint density at radius 1 is 0.500 bits per heavy atom. The number of nitrogens with zero attached hydrogens (tertiary/aromatic N) is 4. The van der Waals surface area contributed by atoms with E-state index in [9.17, 15) is 0 Å². The first-order valence-corrected chi connectivity index (χ1v) is 19.0. The van der Waals surface area contributed by atoms with Gasteiger partial charge in [-0.05, 0) is 87.7 Å². The summed E-state index contributed by atoms with van der Waals surface area (Å²) in [5.74, 6) is 2.47. The molecule has 0 atom stereocenters. The summed E-state index contributed by atoms with van der Waals surface area (Å²) in [6.07, 6.45) is 6.26. The second kappa shape index (κ2) is 13.2. The first-order chi connectivity index (χ1) is 25.8. The van der Waals surface area contributed by atoms with E-state index in [-0.39, 0.29) is 16.2 Å². The third kappa shape index (κ3) is 6.64. The molecule has 5 nitrogen and oxygen atoms in total. The first kappa shape index (κ1) is 35.2. The summed E-state index contributed by atoms with van der Waals surface area (Å²) in [5, 5.41) is 2.35. The summed E-state index contributed by atoms with van der Waals surface area (Å²) in [6, 6.07) is 45.6. The standard InChI is InChI=1S/C49H50N4O/c1-47(2,3)34-18-20-38(21-19-34)51-26-27-52(33-51)39-28-37(48(4,5)6)29-41(31-39)54-40-22-23-43-42-16-12-13-17-44(42)53(45(43)32-40)46-30-36(24-25-50-46)49(7,8)35-14-10-9-11-15-35/h9-32H,33H2,1-8H3. The summed E-state index contributed by atoms with van der Waals surface area (Å²) in [4.78, 5) is 9.52. The molecule has 0 spiro atoms. The van der Waals surface area contributed by atoms with Gasteiger partial charge >= 0.3 is 0 Å². The summed E-state index contributed by atoms with van der Waals surface area (Å²) in [5.41, 5.74) is 9.33. The third-order valence-electron chi connectivity index (χ3n) is 11.0. The maximum absolute atomic E-state index is 6.80. The topological polar surface area (TPSA) is 33.5 Å². The smallest absolute Gasteiger partial charge is 0.137 e. The van der Waals surface area contributed by atoms with Crippen molar-refractivity contribution in [3.05, 3.63) is 168 Å². The molecule has 0 bridgehead atoms. The Bertz CT molecular complexity index is 2500. The van der Waals surface area contributed by atoms with Gasteiger partial charge < -0.3 is 14.5 Å². The van der Waals surface area contributed by atoms with E-state index in [1.165, 1.54) is 33.3 Å². The molecule has 1 aliphatic rings. The van der Waals surface area contributed by atoms with Crippen LogP contribution in [0, 0.1) is 0 Å². The van der Waals surface area contributed by atoms with Crippen molar-refractivity contribution in [2.24, 2.45) is 0 Å². The minimum Gasteiger partial charge on any atom is -0.457 e. The SMILES string of the molecule is CC(C)(C)c1ccc(N2C=CN(c3cc(Oc4ccc5c6ccccc6n(-c6cc(C(C)(C)c7ccccc7)ccn6)c5c4)cc(C(C)(C)C)c3)C2)cc1. The van der Waals surface area contributed by atoms with Gasteiger partial charge in [-0.25, -0.2) is 4.98 Å². The van der Waals surface area contributed by atoms with Crippen LogP contribution in [0.5, 0.6) is 11.5 Å². The molecule has 0 saturated carbocycles. The van der Waals surface area contributed by atoms with E-state index in [0.29, 0.717) is 0 Å². The fourth-order valence-electron chi connectivity index (χ4n) is 7.50. The van der Waals surface area contributed by atoms with Crippen molar-refractivity contribution in [1.29, 1.82) is 0 Å². The molecule has 0 saturated heterocycles. The second-order valence-electron chi connectivity index (χ2n) is 17.2. The number of hydrogen-bond donors (Lipinski definition) is 0. The minimum atomic E-state index is -0.194. The van der Waals surface area contributed by atoms with E-state index >= 15 is 0 Å². The molecule has 7 aromatic rings. The first-order valence-electron chi connectivity index (χ1n) is 19.0. The molecular weight excluding hydrogens is 661 g/mol. The van der Waals surface area contributed by atoms with E-state index in [1.807, 2.05) is 6.20 Å². The van der Waals surface area contributed by atoms with Crippen molar-refractivity contribution >= 4 is 33.2 Å². The molecule has 3 heterocycles. The van der Waals surface area contributed by atoms with Crippen LogP contribution in [0.15, 0.2) is 146 Å². The number of rotatable bonds is 7. The Kier molecular flexibility index (Phi) is 8.64. The molecular formula is C49H50N4O. The van der Waals surface area contributed by atoms with Gasteiger partial charge in [0.25, 0.3) is 0 Å². The molecule has 0 amide bonds. The Morgan fingerprint density at radius 2 is 1.17 bits per heavy atom. The van der Waals surface area contributed by atoms with Gasteiger partial charge in [-0.1, -0.05) is 116 Å². The molecule has 0 aliphatic carbocycles. The van der Waals surface area contributed by atoms with Crippen LogP contribution < -0.4 is 14.5 Å². The summed E-state index contributed by atoms with van der Waals surface area (Å²) >= 11 is 0. The molecule has 272 valence electrons. The van der Waals surface area contributed by atoms with E-state index in [4.69, 9.17) is 9.72 Å². The molecule has 5 heteroatoms. The van der Waals surface area contributed by atoms with Gasteiger partial charge in [-0.15, -0.1) is 0 Å². The van der Waals surface area contributed by atoms with Crippen molar-refractivity contribution in [3.63, 3.8) is 0 Å². The average molecular weight is 711 g/mol. The van der Waals surface area contributed by atoms with Gasteiger partial charge in [0.05, 0.1) is 17.7 Å². The van der Waals surface area contributed by atoms with Crippen molar-refractivity contribution in [3.8, 4) is 17.3 Å². The monoisotopic (exact) mass is 710 g/mol. The molecule has 0 radical (unpaired) electrons. The van der Waals surface area contributed by atoms with E-state index in [1.54, 1.807) is 0 Å². The summed E-state index contributed by atoms with van der Waals surface area (Å²) < 4.78 is 9.08. The van der Waals surface area contributed by atoms with Crippen LogP contribution in [0.25, 0.3) is 27.6 Å². The molecule has 0 unspecified atom stereocenters. The van der Waals surface area contributed by atoms with Crippen LogP contribution in [0.2, 0.25) is 0 Å². The van der Waals surface area contributed by atoms with Crippen molar-refractivity contribution < 1.29 is 4.74 Å². The lowest BCUT2D eigenvalue weighted by Gasteiger charge is -2.26. The number of aromatic nitrogens is 2. The number of pyridine rings is 1. The number of benzene rings is 5. The lowest BCUT2D eigenvalue weighted by atomic mass is 9.78. The van der Waals surface area contributed by atoms with Gasteiger partial charge in [0.2, 0.25) is 0 Å². The highest BCUT2D eigenvalue weighted by Crippen LogP contribution is 2.39. The molecule has 1 aliphatic heterocycles. The lowest BCUT2D eigenvalue weighted by Crippen LogP contribution is -2.25. The third-order valence-corrected chi connectivity index (χ3v) is 11.0. The number of anilines is 2. The van der Waals surface area contributed by atoms with Crippen LogP contribution in [0.1, 0.15) is 77.6 Å². The summed E-state index contributed by atoms with van der Waals surface area (Å²) in [6.45, 7) is 18.8. The molecule has 54 heavy (non-hydrogen) atoms. The maximum atomic E-state index is 6.80. The molecule has 2 aromatic heterocycles. The number of hydrogen-bond acceptors (Lipinski definition) is 4. The number of para-hydroxylation sites is 1. The fraction of sp³-hybridized carbons (Fsp3) is 0.245. The molecule has 0 fully saturated rings. The second-order valence-corrected chi connectivity index (χ2v) is 17.2. The Balaban J connectivity index is 1.15. The van der Waals surface area contributed by atoms with Gasteiger partial charge in [0.15, 0.2) is 0 Å². The zero-order valence-corrected chi connectivity index (χ0v) is 32.8. The van der Waals surface area contributed by atoms with Crippen molar-refractivity contribution in [2.45, 2.75) is 71.6 Å². The van der Waals surface area contributed by atoms with Crippen molar-refractivity contribution in [1.82, 2.24) is 9.55 Å². The Hall–Kier alpha value is -5.81. The highest BCUT2D eigenvalue weighted by Gasteiger charge is 2.25. The zero-order chi connectivity index (χ0) is 37.8. The van der Waals surface area contributed by atoms with Crippen LogP contribution in [0.3, 0.4) is 0 Å². The number of ether oxygens (including phenoxy) is 1. The van der Waals surface area contributed by atoms with Crippen LogP contribution in [-0.2, 0) is 16.2 Å². The molecule has 0 N–H and O–H groups in total. The van der Waals surface area contributed by atoms with Gasteiger partial charge in [-0.3, -0.25) is 4.57 Å². The highest BCUT2D eigenvalue weighted by molar-refractivity contribution is 6.09. The zero-order valence-electron chi connectivity index (χ0n) is 32.8. The predicted molar refractivity (Wildman–Crippen MR) is 226 cm³/mol. The minimum absolute atomic E-state index is 0.0688. The molecule has 5 aromatic carbocycles. The largest absolute Gasteiger partial charge is 0.457 e. The van der Waals surface area contributed by atoms with E-state index in [2.05, 4.69) is 210 Å². The normalized spacial score (nSPS) is 13.7. The van der Waals surface area contributed by atoms with Gasteiger partial charge in [0.1, 0.15) is 17.3 Å². The predicted octanol–water partition coefficient (Wildman–Crippen LogP) is 12.6. The van der Waals surface area contributed by atoms with Crippen LogP contribution >= 0.6 is 0 Å². The van der Waals surface area contributed by atoms with Gasteiger partial charge in [-0.2, -0.15) is 0 Å². The van der Waals surface area contributed by atoms with Crippen LogP contribution in [-0.4, -0.2) is 16.2 Å². The van der Waals surface area contributed by atoms with Crippen molar-refractivity contribution in [2.75, 3.05) is 16.5 Å². The van der Waals surface area contributed by atoms with Crippen LogP contribution in [0.4, 0.5) is 11.4 Å².